The van der Waals surface area contributed by atoms with Crippen LogP contribution in [0.5, 0.6) is 0 Å². The molecule has 0 aliphatic heterocycles. The van der Waals surface area contributed by atoms with Crippen LogP contribution < -0.4 is 5.73 Å². The third-order valence-electron chi connectivity index (χ3n) is 2.00. The van der Waals surface area contributed by atoms with Crippen LogP contribution in [0.1, 0.15) is 36.4 Å². The molecule has 86 valence electrons. The number of nitrogens with two attached hydrogens (primary N) is 1. The van der Waals surface area contributed by atoms with E-state index in [0.29, 0.717) is 17.0 Å². The number of hydrogen-bond acceptors (Lipinski definition) is 4. The molecular weight excluding hydrogens is 227 g/mol. The minimum atomic E-state index is -4.15. The van der Waals surface area contributed by atoms with E-state index >= 15 is 0 Å². The van der Waals surface area contributed by atoms with Crippen LogP contribution in [-0.2, 0) is 6.42 Å². The summed E-state index contributed by atoms with van der Waals surface area (Å²) >= 11 is 1.08. The Hall–Kier alpha value is -0.690. The van der Waals surface area contributed by atoms with Crippen LogP contribution in [0.15, 0.2) is 0 Å². The molecule has 7 heteroatoms. The summed E-state index contributed by atoms with van der Waals surface area (Å²) in [6.45, 7) is 1.87. The number of aromatic nitrogens is 2. The highest BCUT2D eigenvalue weighted by molar-refractivity contribution is 7.05. The molecule has 1 heterocycles. The van der Waals surface area contributed by atoms with Crippen molar-refractivity contribution in [2.45, 2.75) is 38.4 Å². The number of aryl methyl sites for hydroxylation is 1. The lowest BCUT2D eigenvalue weighted by atomic mass is 10.1. The number of alkyl halides is 3. The molecule has 1 unspecified atom stereocenters. The van der Waals surface area contributed by atoms with E-state index < -0.39 is 18.6 Å². The van der Waals surface area contributed by atoms with Gasteiger partial charge >= 0.3 is 6.18 Å². The fourth-order valence-corrected chi connectivity index (χ4v) is 1.96. The van der Waals surface area contributed by atoms with Gasteiger partial charge in [-0.15, -0.1) is 5.10 Å². The Morgan fingerprint density at radius 2 is 2.13 bits per heavy atom. The van der Waals surface area contributed by atoms with Gasteiger partial charge in [-0.2, -0.15) is 13.2 Å². The van der Waals surface area contributed by atoms with Gasteiger partial charge in [0.05, 0.1) is 10.6 Å². The van der Waals surface area contributed by atoms with Crippen molar-refractivity contribution in [1.29, 1.82) is 0 Å². The van der Waals surface area contributed by atoms with E-state index in [-0.39, 0.29) is 6.42 Å². The lowest BCUT2D eigenvalue weighted by molar-refractivity contribution is -0.136. The molecule has 0 fully saturated rings. The standard InChI is InChI=1S/C8H12F3N3S/c1-2-6-7(15-14-13-6)5(12)3-4-8(9,10)11/h5H,2-4,12H2,1H3. The number of halogens is 3. The molecule has 1 aromatic rings. The first-order valence-corrected chi connectivity index (χ1v) is 5.35. The Balaban J connectivity index is 2.57. The van der Waals surface area contributed by atoms with E-state index in [4.69, 9.17) is 5.73 Å². The summed E-state index contributed by atoms with van der Waals surface area (Å²) in [5.41, 5.74) is 6.36. The van der Waals surface area contributed by atoms with Crippen LogP contribution in [0.3, 0.4) is 0 Å². The summed E-state index contributed by atoms with van der Waals surface area (Å²) < 4.78 is 39.6. The molecule has 0 aliphatic carbocycles. The maximum atomic E-state index is 12.0. The highest BCUT2D eigenvalue weighted by atomic mass is 32.1. The minimum Gasteiger partial charge on any atom is -0.323 e. The van der Waals surface area contributed by atoms with E-state index in [1.165, 1.54) is 0 Å². The van der Waals surface area contributed by atoms with Gasteiger partial charge in [0.15, 0.2) is 0 Å². The second-order valence-electron chi connectivity index (χ2n) is 3.20. The SMILES string of the molecule is CCc1nnsc1C(N)CCC(F)(F)F. The summed E-state index contributed by atoms with van der Waals surface area (Å²) in [6, 6.07) is -0.610. The molecule has 15 heavy (non-hydrogen) atoms. The third-order valence-corrected chi connectivity index (χ3v) is 2.89. The average molecular weight is 239 g/mol. The Morgan fingerprint density at radius 3 is 2.67 bits per heavy atom. The fourth-order valence-electron chi connectivity index (χ4n) is 1.19. The number of hydrogen-bond donors (Lipinski definition) is 1. The van der Waals surface area contributed by atoms with Gasteiger partial charge in [-0.3, -0.25) is 0 Å². The van der Waals surface area contributed by atoms with Crippen molar-refractivity contribution >= 4 is 11.5 Å². The zero-order valence-electron chi connectivity index (χ0n) is 8.21. The molecule has 3 nitrogen and oxygen atoms in total. The van der Waals surface area contributed by atoms with Crippen LogP contribution >= 0.6 is 11.5 Å². The van der Waals surface area contributed by atoms with Gasteiger partial charge in [0.2, 0.25) is 0 Å². The lowest BCUT2D eigenvalue weighted by Crippen LogP contribution is -2.16. The first-order valence-electron chi connectivity index (χ1n) is 4.57. The van der Waals surface area contributed by atoms with Crippen LogP contribution in [-0.4, -0.2) is 15.8 Å². The molecule has 0 aromatic carbocycles. The van der Waals surface area contributed by atoms with Gasteiger partial charge < -0.3 is 5.73 Å². The molecule has 0 radical (unpaired) electrons. The van der Waals surface area contributed by atoms with Crippen molar-refractivity contribution in [1.82, 2.24) is 9.59 Å². The molecular formula is C8H12F3N3S. The van der Waals surface area contributed by atoms with E-state index in [1.54, 1.807) is 0 Å². The van der Waals surface area contributed by atoms with Crippen LogP contribution in [0.25, 0.3) is 0 Å². The van der Waals surface area contributed by atoms with Crippen LogP contribution in [0.4, 0.5) is 13.2 Å². The van der Waals surface area contributed by atoms with Crippen LogP contribution in [0.2, 0.25) is 0 Å². The van der Waals surface area contributed by atoms with Crippen molar-refractivity contribution in [2.75, 3.05) is 0 Å². The normalized spacial score (nSPS) is 14.2. The lowest BCUT2D eigenvalue weighted by Gasteiger charge is -2.11. The molecule has 1 atom stereocenters. The summed E-state index contributed by atoms with van der Waals surface area (Å²) in [7, 11) is 0. The minimum absolute atomic E-state index is 0.111. The molecule has 0 spiro atoms. The van der Waals surface area contributed by atoms with Crippen molar-refractivity contribution in [2.24, 2.45) is 5.73 Å². The second kappa shape index (κ2) is 4.89. The summed E-state index contributed by atoms with van der Waals surface area (Å²) in [4.78, 5) is 0.668. The molecule has 1 rings (SSSR count). The van der Waals surface area contributed by atoms with Gasteiger partial charge in [-0.05, 0) is 24.4 Å². The average Bonchev–Trinajstić information content (AvgIpc) is 2.60. The maximum absolute atomic E-state index is 12.0. The molecule has 0 amide bonds. The molecule has 0 aliphatic rings. The Kier molecular flexibility index (Phi) is 4.04. The van der Waals surface area contributed by atoms with E-state index in [1.807, 2.05) is 6.92 Å². The van der Waals surface area contributed by atoms with Gasteiger partial charge in [-0.1, -0.05) is 11.4 Å². The Labute approximate surface area is 89.6 Å². The van der Waals surface area contributed by atoms with Gasteiger partial charge in [0, 0.05) is 12.5 Å². The monoisotopic (exact) mass is 239 g/mol. The number of rotatable bonds is 4. The number of nitrogens with zero attached hydrogens (tertiary/aromatic N) is 2. The van der Waals surface area contributed by atoms with Gasteiger partial charge in [-0.25, -0.2) is 0 Å². The third kappa shape index (κ3) is 3.75. The molecule has 0 saturated carbocycles. The molecule has 0 bridgehead atoms. The first-order chi connectivity index (χ1) is 6.94. The van der Waals surface area contributed by atoms with Crippen molar-refractivity contribution < 1.29 is 13.2 Å². The zero-order valence-corrected chi connectivity index (χ0v) is 9.03. The largest absolute Gasteiger partial charge is 0.389 e. The first kappa shape index (κ1) is 12.4. The quantitative estimate of drug-likeness (QED) is 0.878. The second-order valence-corrected chi connectivity index (χ2v) is 3.98. The molecule has 2 N–H and O–H groups in total. The Morgan fingerprint density at radius 1 is 1.47 bits per heavy atom. The van der Waals surface area contributed by atoms with Crippen molar-refractivity contribution in [3.05, 3.63) is 10.6 Å². The topological polar surface area (TPSA) is 51.8 Å². The molecule has 1 aromatic heterocycles. The maximum Gasteiger partial charge on any atom is 0.389 e. The van der Waals surface area contributed by atoms with Crippen molar-refractivity contribution in [3.63, 3.8) is 0 Å². The summed E-state index contributed by atoms with van der Waals surface area (Å²) in [5.74, 6) is 0. The summed E-state index contributed by atoms with van der Waals surface area (Å²) in [5, 5.41) is 3.81. The fraction of sp³-hybridized carbons (Fsp3) is 0.750. The van der Waals surface area contributed by atoms with Crippen molar-refractivity contribution in [3.8, 4) is 0 Å². The van der Waals surface area contributed by atoms with E-state index in [9.17, 15) is 13.2 Å². The Bertz CT molecular complexity index is 310. The van der Waals surface area contributed by atoms with E-state index in [2.05, 4.69) is 9.59 Å². The van der Waals surface area contributed by atoms with E-state index in [0.717, 1.165) is 11.5 Å². The predicted octanol–water partition coefficient (Wildman–Crippen LogP) is 2.44. The summed E-state index contributed by atoms with van der Waals surface area (Å²) in [6.07, 6.45) is -4.48. The highest BCUT2D eigenvalue weighted by Gasteiger charge is 2.28. The van der Waals surface area contributed by atoms with Gasteiger partial charge in [0.25, 0.3) is 0 Å². The van der Waals surface area contributed by atoms with Crippen LogP contribution in [0, 0.1) is 0 Å². The zero-order chi connectivity index (χ0) is 11.5. The molecule has 0 saturated heterocycles. The highest BCUT2D eigenvalue weighted by Crippen LogP contribution is 2.28. The smallest absolute Gasteiger partial charge is 0.323 e. The predicted molar refractivity (Wildman–Crippen MR) is 51.5 cm³/mol. The van der Waals surface area contributed by atoms with Gasteiger partial charge in [0.1, 0.15) is 0 Å².